The van der Waals surface area contributed by atoms with E-state index in [0.717, 1.165) is 0 Å². The molecule has 0 aromatic rings. The number of nitrogens with two attached hydrogens (primary N) is 2. The van der Waals surface area contributed by atoms with E-state index in [0.29, 0.717) is 11.3 Å². The lowest BCUT2D eigenvalue weighted by Crippen LogP contribution is -2.68. The first-order valence-corrected chi connectivity index (χ1v) is 5.48. The monoisotopic (exact) mass is 229 g/mol. The van der Waals surface area contributed by atoms with Gasteiger partial charge in [-0.05, 0) is 5.57 Å². The van der Waals surface area contributed by atoms with Crippen LogP contribution in [0.5, 0.6) is 0 Å². The second-order valence-corrected chi connectivity index (χ2v) is 4.50. The average molecular weight is 229 g/mol. The minimum atomic E-state index is -1.11. The summed E-state index contributed by atoms with van der Waals surface area (Å²) in [6.07, 6.45) is 0. The van der Waals surface area contributed by atoms with Gasteiger partial charge in [0.15, 0.2) is 0 Å². The van der Waals surface area contributed by atoms with Crippen molar-refractivity contribution in [2.24, 2.45) is 11.5 Å². The summed E-state index contributed by atoms with van der Waals surface area (Å²) in [5.74, 6) is -0.920. The van der Waals surface area contributed by atoms with Crippen LogP contribution in [-0.4, -0.2) is 45.6 Å². The van der Waals surface area contributed by atoms with Crippen molar-refractivity contribution in [2.45, 2.75) is 11.4 Å². The third-order valence-corrected chi connectivity index (χ3v) is 3.90. The van der Waals surface area contributed by atoms with Crippen LogP contribution in [-0.2, 0) is 9.59 Å². The van der Waals surface area contributed by atoms with E-state index in [1.807, 2.05) is 0 Å². The van der Waals surface area contributed by atoms with E-state index >= 15 is 0 Å². The summed E-state index contributed by atoms with van der Waals surface area (Å²) in [7, 11) is 0. The predicted molar refractivity (Wildman–Crippen MR) is 54.8 cm³/mol. The Hall–Kier alpha value is -1.05. The van der Waals surface area contributed by atoms with E-state index in [1.165, 1.54) is 16.7 Å². The number of aliphatic carboxylic acids is 1. The highest BCUT2D eigenvalue weighted by atomic mass is 32.2. The Balaban J connectivity index is 2.38. The van der Waals surface area contributed by atoms with Crippen LogP contribution in [0.4, 0.5) is 0 Å². The molecular formula is C8H11N3O3S. The van der Waals surface area contributed by atoms with Crippen LogP contribution >= 0.6 is 11.8 Å². The summed E-state index contributed by atoms with van der Waals surface area (Å²) in [4.78, 5) is 23.7. The van der Waals surface area contributed by atoms with Crippen molar-refractivity contribution in [3.8, 4) is 0 Å². The van der Waals surface area contributed by atoms with Gasteiger partial charge in [0.25, 0.3) is 0 Å². The molecule has 2 aliphatic heterocycles. The number of nitrogens with zero attached hydrogens (tertiary/aromatic N) is 1. The van der Waals surface area contributed by atoms with Gasteiger partial charge < -0.3 is 16.6 Å². The number of carboxylic acid groups (broad SMARTS) is 1. The molecule has 7 heteroatoms. The van der Waals surface area contributed by atoms with Gasteiger partial charge in [-0.25, -0.2) is 4.79 Å². The highest BCUT2D eigenvalue weighted by Crippen LogP contribution is 2.38. The van der Waals surface area contributed by atoms with Gasteiger partial charge in [0, 0.05) is 12.3 Å². The molecule has 1 saturated heterocycles. The Morgan fingerprint density at radius 2 is 2.33 bits per heavy atom. The molecule has 0 aromatic heterocycles. The van der Waals surface area contributed by atoms with Crippen LogP contribution < -0.4 is 11.5 Å². The Bertz CT molecular complexity index is 368. The number of β-lactam (4-membered cyclic amide) rings is 1. The van der Waals surface area contributed by atoms with E-state index in [9.17, 15) is 9.59 Å². The van der Waals surface area contributed by atoms with Crippen LogP contribution in [0.2, 0.25) is 0 Å². The number of thioether (sulfide) groups is 1. The van der Waals surface area contributed by atoms with Crippen LogP contribution in [0, 0.1) is 0 Å². The van der Waals surface area contributed by atoms with Crippen molar-refractivity contribution in [2.75, 3.05) is 12.3 Å². The number of carboxylic acids is 1. The Kier molecular flexibility index (Phi) is 2.45. The Morgan fingerprint density at radius 3 is 2.87 bits per heavy atom. The first-order chi connectivity index (χ1) is 7.07. The molecule has 2 rings (SSSR count). The second-order valence-electron chi connectivity index (χ2n) is 3.40. The fraction of sp³-hybridized carbons (Fsp3) is 0.500. The van der Waals surface area contributed by atoms with Gasteiger partial charge in [0.1, 0.15) is 17.1 Å². The minimum Gasteiger partial charge on any atom is -0.477 e. The number of amides is 1. The number of hydrogen-bond acceptors (Lipinski definition) is 5. The molecule has 0 aromatic carbocycles. The van der Waals surface area contributed by atoms with E-state index in [4.69, 9.17) is 16.6 Å². The van der Waals surface area contributed by atoms with E-state index in [-0.39, 0.29) is 23.5 Å². The molecular weight excluding hydrogens is 218 g/mol. The molecule has 1 amide bonds. The molecule has 0 bridgehead atoms. The zero-order valence-corrected chi connectivity index (χ0v) is 8.66. The maximum atomic E-state index is 11.4. The lowest BCUT2D eigenvalue weighted by molar-refractivity contribution is -0.147. The maximum absolute atomic E-state index is 11.4. The van der Waals surface area contributed by atoms with Gasteiger partial charge in [-0.3, -0.25) is 9.69 Å². The summed E-state index contributed by atoms with van der Waals surface area (Å²) in [5, 5.41) is 8.77. The topological polar surface area (TPSA) is 110 Å². The molecule has 1 fully saturated rings. The lowest BCUT2D eigenvalue weighted by Gasteiger charge is -2.47. The first kappa shape index (κ1) is 10.5. The molecule has 0 radical (unpaired) electrons. The molecule has 2 heterocycles. The van der Waals surface area contributed by atoms with Crippen molar-refractivity contribution in [1.29, 1.82) is 0 Å². The van der Waals surface area contributed by atoms with Crippen LogP contribution in [0.25, 0.3) is 0 Å². The molecule has 82 valence electrons. The Labute approximate surface area is 90.3 Å². The van der Waals surface area contributed by atoms with Gasteiger partial charge in [-0.1, -0.05) is 0 Å². The minimum absolute atomic E-state index is 0.0213. The average Bonchev–Trinajstić information content (AvgIpc) is 2.25. The maximum Gasteiger partial charge on any atom is 0.352 e. The van der Waals surface area contributed by atoms with Gasteiger partial charge in [-0.15, -0.1) is 11.8 Å². The molecule has 5 N–H and O–H groups in total. The molecule has 2 atom stereocenters. The van der Waals surface area contributed by atoms with Crippen LogP contribution in [0.3, 0.4) is 0 Å². The van der Waals surface area contributed by atoms with Crippen molar-refractivity contribution < 1.29 is 14.7 Å². The molecule has 15 heavy (non-hydrogen) atoms. The lowest BCUT2D eigenvalue weighted by atomic mass is 10.0. The first-order valence-electron chi connectivity index (χ1n) is 4.43. The quantitative estimate of drug-likeness (QED) is 0.498. The highest BCUT2D eigenvalue weighted by molar-refractivity contribution is 8.00. The van der Waals surface area contributed by atoms with Crippen molar-refractivity contribution in [3.05, 3.63) is 11.3 Å². The molecule has 6 nitrogen and oxygen atoms in total. The smallest absolute Gasteiger partial charge is 0.352 e. The summed E-state index contributed by atoms with van der Waals surface area (Å²) in [6, 6.07) is -0.580. The summed E-state index contributed by atoms with van der Waals surface area (Å²) < 4.78 is 0. The highest BCUT2D eigenvalue weighted by Gasteiger charge is 2.51. The normalized spacial score (nSPS) is 30.0. The van der Waals surface area contributed by atoms with Crippen molar-refractivity contribution in [1.82, 2.24) is 4.90 Å². The summed E-state index contributed by atoms with van der Waals surface area (Å²) in [5.41, 5.74) is 11.6. The zero-order valence-electron chi connectivity index (χ0n) is 7.84. The SMILES string of the molecule is NCC1=C(C(=O)O)N2C(=O)C(N)[C@H]2SC1. The van der Waals surface area contributed by atoms with Crippen LogP contribution in [0.15, 0.2) is 11.3 Å². The number of carbonyl (C=O) groups is 2. The molecule has 0 aliphatic carbocycles. The molecule has 2 aliphatic rings. The number of carbonyl (C=O) groups excluding carboxylic acids is 1. The third kappa shape index (κ3) is 1.35. The fourth-order valence-electron chi connectivity index (χ4n) is 1.74. The van der Waals surface area contributed by atoms with E-state index in [2.05, 4.69) is 0 Å². The van der Waals surface area contributed by atoms with Crippen LogP contribution in [0.1, 0.15) is 0 Å². The second kappa shape index (κ2) is 3.51. The van der Waals surface area contributed by atoms with Gasteiger partial charge in [0.05, 0.1) is 0 Å². The summed E-state index contributed by atoms with van der Waals surface area (Å²) in [6.45, 7) is 0.153. The predicted octanol–water partition coefficient (Wildman–Crippen LogP) is -1.47. The third-order valence-electron chi connectivity index (χ3n) is 2.54. The van der Waals surface area contributed by atoms with Gasteiger partial charge in [0.2, 0.25) is 5.91 Å². The number of hydrogen-bond donors (Lipinski definition) is 3. The standard InChI is InChI=1S/C8H11N3O3S/c9-1-3-2-15-7-4(10)6(12)11(7)5(3)8(13)14/h4,7H,1-2,9-10H2,(H,13,14)/t4?,7-/m1/s1. The summed E-state index contributed by atoms with van der Waals surface area (Å²) >= 11 is 1.46. The Morgan fingerprint density at radius 1 is 1.67 bits per heavy atom. The molecule has 0 spiro atoms. The van der Waals surface area contributed by atoms with Crippen molar-refractivity contribution >= 4 is 23.6 Å². The number of rotatable bonds is 2. The largest absolute Gasteiger partial charge is 0.477 e. The van der Waals surface area contributed by atoms with E-state index < -0.39 is 12.0 Å². The fourth-order valence-corrected chi connectivity index (χ4v) is 3.05. The van der Waals surface area contributed by atoms with Gasteiger partial charge >= 0.3 is 5.97 Å². The molecule has 0 saturated carbocycles. The molecule has 1 unspecified atom stereocenters. The zero-order chi connectivity index (χ0) is 11.2. The number of fused-ring (bicyclic) bond motifs is 1. The van der Waals surface area contributed by atoms with E-state index in [1.54, 1.807) is 0 Å². The van der Waals surface area contributed by atoms with Crippen molar-refractivity contribution in [3.63, 3.8) is 0 Å². The van der Waals surface area contributed by atoms with Gasteiger partial charge in [-0.2, -0.15) is 0 Å².